The van der Waals surface area contributed by atoms with E-state index in [-0.39, 0.29) is 6.17 Å². The summed E-state index contributed by atoms with van der Waals surface area (Å²) in [5.74, 6) is 0.708. The first-order valence-electron chi connectivity index (χ1n) is 10.3. The van der Waals surface area contributed by atoms with E-state index in [1.807, 2.05) is 29.1 Å². The standard InChI is InChI=1S/C23H20N6OS/c1-2-4-16(5-3-1)18-14-19-21(25-15-18)31-23-26-20(17-6-8-24-9-7-17)27-29(23)22(19)28-10-12-30-13-11-28/h1-9,14-15,22H,10-13H2/t22-/m0/s1. The van der Waals surface area contributed by atoms with E-state index in [4.69, 9.17) is 19.8 Å². The fraction of sp³-hybridized carbons (Fsp3) is 0.217. The Kier molecular flexibility index (Phi) is 4.75. The van der Waals surface area contributed by atoms with Crippen molar-refractivity contribution in [3.05, 3.63) is 72.7 Å². The molecule has 0 aliphatic carbocycles. The van der Waals surface area contributed by atoms with Gasteiger partial charge in [0, 0.05) is 48.4 Å². The third kappa shape index (κ3) is 3.42. The molecule has 1 fully saturated rings. The highest BCUT2D eigenvalue weighted by Crippen LogP contribution is 2.43. The van der Waals surface area contributed by atoms with Crippen LogP contribution in [0.15, 0.2) is 77.3 Å². The monoisotopic (exact) mass is 428 g/mol. The van der Waals surface area contributed by atoms with E-state index >= 15 is 0 Å². The van der Waals surface area contributed by atoms with Crippen molar-refractivity contribution in [2.45, 2.75) is 16.3 Å². The number of benzene rings is 1. The van der Waals surface area contributed by atoms with Crippen LogP contribution in [0.4, 0.5) is 0 Å². The number of ether oxygens (including phenoxy) is 1. The molecule has 2 aliphatic rings. The van der Waals surface area contributed by atoms with Crippen molar-refractivity contribution in [1.82, 2.24) is 29.6 Å². The number of nitrogens with zero attached hydrogens (tertiary/aromatic N) is 6. The van der Waals surface area contributed by atoms with Gasteiger partial charge >= 0.3 is 0 Å². The Hall–Kier alpha value is -3.07. The first kappa shape index (κ1) is 18.7. The van der Waals surface area contributed by atoms with Crippen LogP contribution in [0.5, 0.6) is 0 Å². The minimum Gasteiger partial charge on any atom is -0.379 e. The zero-order chi connectivity index (χ0) is 20.6. The lowest BCUT2D eigenvalue weighted by Gasteiger charge is -2.37. The van der Waals surface area contributed by atoms with Gasteiger partial charge in [-0.05, 0) is 35.5 Å². The summed E-state index contributed by atoms with van der Waals surface area (Å²) in [5, 5.41) is 6.77. The van der Waals surface area contributed by atoms with Gasteiger partial charge in [0.15, 0.2) is 11.0 Å². The maximum absolute atomic E-state index is 5.62. The second-order valence-corrected chi connectivity index (χ2v) is 8.46. The summed E-state index contributed by atoms with van der Waals surface area (Å²) < 4.78 is 7.67. The first-order chi connectivity index (χ1) is 15.4. The summed E-state index contributed by atoms with van der Waals surface area (Å²) in [6.45, 7) is 3.11. The van der Waals surface area contributed by atoms with Crippen molar-refractivity contribution in [3.63, 3.8) is 0 Å². The predicted molar refractivity (Wildman–Crippen MR) is 118 cm³/mol. The SMILES string of the molecule is c1ccc(-c2cnc3c(c2)[C@@H](N2CCOCC2)n2nc(-c4ccncc4)nc2S3)cc1. The molecule has 1 atom stereocenters. The largest absolute Gasteiger partial charge is 0.379 e. The van der Waals surface area contributed by atoms with Gasteiger partial charge in [-0.1, -0.05) is 30.3 Å². The van der Waals surface area contributed by atoms with Crippen molar-refractivity contribution in [3.8, 4) is 22.5 Å². The Balaban J connectivity index is 1.48. The van der Waals surface area contributed by atoms with Crippen molar-refractivity contribution in [2.75, 3.05) is 26.3 Å². The van der Waals surface area contributed by atoms with E-state index in [1.54, 1.807) is 24.2 Å². The Morgan fingerprint density at radius 1 is 0.935 bits per heavy atom. The molecule has 0 spiro atoms. The molecular formula is C23H20N6OS. The van der Waals surface area contributed by atoms with E-state index < -0.39 is 0 Å². The average molecular weight is 429 g/mol. The van der Waals surface area contributed by atoms with Crippen LogP contribution in [0.1, 0.15) is 11.7 Å². The lowest BCUT2D eigenvalue weighted by atomic mass is 10.0. The topological polar surface area (TPSA) is 69.0 Å². The van der Waals surface area contributed by atoms with Crippen LogP contribution in [0.2, 0.25) is 0 Å². The molecule has 0 N–H and O–H groups in total. The van der Waals surface area contributed by atoms with Gasteiger partial charge in [-0.15, -0.1) is 5.10 Å². The number of aromatic nitrogens is 5. The average Bonchev–Trinajstić information content (AvgIpc) is 3.27. The fourth-order valence-corrected chi connectivity index (χ4v) is 5.01. The van der Waals surface area contributed by atoms with Gasteiger partial charge in [-0.25, -0.2) is 14.6 Å². The summed E-state index contributed by atoms with van der Waals surface area (Å²) in [6, 6.07) is 16.5. The summed E-state index contributed by atoms with van der Waals surface area (Å²) in [4.78, 5) is 16.2. The quantitative estimate of drug-likeness (QED) is 0.492. The Morgan fingerprint density at radius 3 is 2.55 bits per heavy atom. The predicted octanol–water partition coefficient (Wildman–Crippen LogP) is 3.75. The van der Waals surface area contributed by atoms with Crippen LogP contribution in [0.25, 0.3) is 22.5 Å². The molecule has 154 valence electrons. The molecule has 2 aliphatic heterocycles. The molecule has 31 heavy (non-hydrogen) atoms. The van der Waals surface area contributed by atoms with Gasteiger partial charge in [0.1, 0.15) is 11.2 Å². The molecule has 1 aromatic carbocycles. The summed E-state index contributed by atoms with van der Waals surface area (Å²) in [5.41, 5.74) is 4.38. The number of pyridine rings is 2. The smallest absolute Gasteiger partial charge is 0.194 e. The van der Waals surface area contributed by atoms with Crippen LogP contribution in [-0.4, -0.2) is 55.9 Å². The highest BCUT2D eigenvalue weighted by atomic mass is 32.2. The summed E-state index contributed by atoms with van der Waals surface area (Å²) >= 11 is 1.57. The molecule has 0 bridgehead atoms. The number of rotatable bonds is 3. The van der Waals surface area contributed by atoms with E-state index in [0.717, 1.165) is 45.5 Å². The lowest BCUT2D eigenvalue weighted by Crippen LogP contribution is -2.43. The van der Waals surface area contributed by atoms with E-state index in [0.29, 0.717) is 19.0 Å². The van der Waals surface area contributed by atoms with Gasteiger partial charge < -0.3 is 4.74 Å². The molecule has 3 aromatic heterocycles. The second kappa shape index (κ2) is 7.88. The molecule has 0 amide bonds. The van der Waals surface area contributed by atoms with E-state index in [9.17, 15) is 0 Å². The molecule has 0 radical (unpaired) electrons. The Bertz CT molecular complexity index is 1210. The van der Waals surface area contributed by atoms with Crippen molar-refractivity contribution in [2.24, 2.45) is 0 Å². The molecule has 0 unspecified atom stereocenters. The first-order valence-corrected chi connectivity index (χ1v) is 11.1. The zero-order valence-corrected chi connectivity index (χ0v) is 17.6. The normalized spacial score (nSPS) is 18.4. The number of morpholine rings is 1. The summed E-state index contributed by atoms with van der Waals surface area (Å²) in [6.07, 6.45) is 5.43. The molecule has 4 aromatic rings. The summed E-state index contributed by atoms with van der Waals surface area (Å²) in [7, 11) is 0. The maximum Gasteiger partial charge on any atom is 0.194 e. The lowest BCUT2D eigenvalue weighted by molar-refractivity contribution is 0.00286. The van der Waals surface area contributed by atoms with Gasteiger partial charge in [0.2, 0.25) is 0 Å². The van der Waals surface area contributed by atoms with Crippen LogP contribution < -0.4 is 0 Å². The maximum atomic E-state index is 5.62. The van der Waals surface area contributed by atoms with Gasteiger partial charge in [-0.3, -0.25) is 9.88 Å². The van der Waals surface area contributed by atoms with Gasteiger partial charge in [-0.2, -0.15) is 0 Å². The van der Waals surface area contributed by atoms with E-state index in [2.05, 4.69) is 40.2 Å². The molecule has 7 nitrogen and oxygen atoms in total. The van der Waals surface area contributed by atoms with E-state index in [1.165, 1.54) is 0 Å². The van der Waals surface area contributed by atoms with Crippen molar-refractivity contribution in [1.29, 1.82) is 0 Å². The highest BCUT2D eigenvalue weighted by molar-refractivity contribution is 7.99. The molecule has 6 rings (SSSR count). The Labute approximate surface area is 184 Å². The molecule has 8 heteroatoms. The molecular weight excluding hydrogens is 408 g/mol. The van der Waals surface area contributed by atoms with Gasteiger partial charge in [0.25, 0.3) is 0 Å². The third-order valence-electron chi connectivity index (χ3n) is 5.61. The molecule has 1 saturated heterocycles. The molecule has 0 saturated carbocycles. The second-order valence-electron chi connectivity index (χ2n) is 7.51. The third-order valence-corrected chi connectivity index (χ3v) is 6.61. The Morgan fingerprint density at radius 2 is 1.74 bits per heavy atom. The van der Waals surface area contributed by atoms with Crippen molar-refractivity contribution >= 4 is 11.8 Å². The van der Waals surface area contributed by atoms with Crippen LogP contribution in [-0.2, 0) is 4.74 Å². The minimum atomic E-state index is -0.0607. The van der Waals surface area contributed by atoms with Crippen molar-refractivity contribution < 1.29 is 4.74 Å². The molecule has 5 heterocycles. The number of fused-ring (bicyclic) bond motifs is 2. The van der Waals surface area contributed by atoms with Crippen LogP contribution >= 0.6 is 11.8 Å². The fourth-order valence-electron chi connectivity index (χ4n) is 4.08. The van der Waals surface area contributed by atoms with Gasteiger partial charge in [0.05, 0.1) is 13.2 Å². The van der Waals surface area contributed by atoms with Crippen LogP contribution in [0, 0.1) is 0 Å². The zero-order valence-electron chi connectivity index (χ0n) is 16.8. The minimum absolute atomic E-state index is 0.0607. The number of hydrogen-bond acceptors (Lipinski definition) is 7. The number of hydrogen-bond donors (Lipinski definition) is 0. The highest BCUT2D eigenvalue weighted by Gasteiger charge is 2.35. The van der Waals surface area contributed by atoms with Crippen LogP contribution in [0.3, 0.4) is 0 Å².